The minimum absolute atomic E-state index is 0.639. The quantitative estimate of drug-likeness (QED) is 0.946. The highest BCUT2D eigenvalue weighted by Gasteiger charge is 2.17. The van der Waals surface area contributed by atoms with Crippen molar-refractivity contribution in [2.75, 3.05) is 24.6 Å². The van der Waals surface area contributed by atoms with E-state index >= 15 is 0 Å². The van der Waals surface area contributed by atoms with Gasteiger partial charge in [-0.1, -0.05) is 35.9 Å². The van der Waals surface area contributed by atoms with Gasteiger partial charge in [0.25, 0.3) is 0 Å². The number of ether oxygens (including phenoxy) is 1. The highest BCUT2D eigenvalue weighted by molar-refractivity contribution is 6.33. The minimum Gasteiger partial charge on any atom is -0.491 e. The van der Waals surface area contributed by atoms with Crippen molar-refractivity contribution >= 4 is 17.3 Å². The van der Waals surface area contributed by atoms with Crippen LogP contribution in [0.1, 0.15) is 11.1 Å². The Morgan fingerprint density at radius 3 is 2.86 bits per heavy atom. The second kappa shape index (κ2) is 6.37. The van der Waals surface area contributed by atoms with Crippen LogP contribution in [0.4, 0.5) is 5.69 Å². The van der Waals surface area contributed by atoms with Gasteiger partial charge in [-0.2, -0.15) is 0 Å². The summed E-state index contributed by atoms with van der Waals surface area (Å²) in [6.45, 7) is 2.94. The zero-order valence-electron chi connectivity index (χ0n) is 11.9. The Bertz CT molecular complexity index is 630. The van der Waals surface area contributed by atoms with E-state index in [1.165, 1.54) is 11.1 Å². The second-order valence-electron chi connectivity index (χ2n) is 5.20. The molecular weight excluding hydrogens is 284 g/mol. The minimum atomic E-state index is 0.639. The fourth-order valence-electron chi connectivity index (χ4n) is 2.66. The first-order valence-corrected chi connectivity index (χ1v) is 7.60. The number of halogens is 1. The Labute approximate surface area is 130 Å². The van der Waals surface area contributed by atoms with Crippen LogP contribution < -0.4 is 15.4 Å². The first-order chi connectivity index (χ1) is 10.3. The summed E-state index contributed by atoms with van der Waals surface area (Å²) in [5.41, 5.74) is 9.02. The predicted molar refractivity (Wildman–Crippen MR) is 87.2 cm³/mol. The first kappa shape index (κ1) is 14.2. The normalized spacial score (nSPS) is 14.3. The van der Waals surface area contributed by atoms with E-state index < -0.39 is 0 Å². The van der Waals surface area contributed by atoms with Gasteiger partial charge in [-0.15, -0.1) is 0 Å². The summed E-state index contributed by atoms with van der Waals surface area (Å²) < 4.78 is 5.80. The first-order valence-electron chi connectivity index (χ1n) is 7.22. The van der Waals surface area contributed by atoms with Crippen LogP contribution in [0.25, 0.3) is 0 Å². The van der Waals surface area contributed by atoms with E-state index in [9.17, 15) is 0 Å². The molecule has 2 aromatic rings. The van der Waals surface area contributed by atoms with Gasteiger partial charge in [0, 0.05) is 12.1 Å². The molecule has 0 amide bonds. The number of hydrogen-bond acceptors (Lipinski definition) is 3. The van der Waals surface area contributed by atoms with Crippen molar-refractivity contribution in [1.29, 1.82) is 0 Å². The molecule has 21 heavy (non-hydrogen) atoms. The Morgan fingerprint density at radius 2 is 2.05 bits per heavy atom. The number of rotatable bonds is 3. The lowest BCUT2D eigenvalue weighted by Gasteiger charge is -2.23. The topological polar surface area (TPSA) is 38.5 Å². The van der Waals surface area contributed by atoms with Crippen molar-refractivity contribution < 1.29 is 4.74 Å². The lowest BCUT2D eigenvalue weighted by Crippen LogP contribution is -2.25. The zero-order chi connectivity index (χ0) is 14.7. The molecule has 0 saturated carbocycles. The molecular formula is C17H19ClN2O. The van der Waals surface area contributed by atoms with E-state index in [4.69, 9.17) is 22.1 Å². The van der Waals surface area contributed by atoms with E-state index in [-0.39, 0.29) is 0 Å². The van der Waals surface area contributed by atoms with Gasteiger partial charge < -0.3 is 15.4 Å². The van der Waals surface area contributed by atoms with Gasteiger partial charge in [0.2, 0.25) is 0 Å². The average Bonchev–Trinajstić information content (AvgIpc) is 2.70. The Kier molecular flexibility index (Phi) is 4.32. The van der Waals surface area contributed by atoms with Crippen LogP contribution in [0, 0.1) is 0 Å². The van der Waals surface area contributed by atoms with Crippen LogP contribution in [-0.4, -0.2) is 19.7 Å². The van der Waals surface area contributed by atoms with Gasteiger partial charge in [0.1, 0.15) is 12.4 Å². The van der Waals surface area contributed by atoms with Crippen LogP contribution in [0.2, 0.25) is 5.02 Å². The van der Waals surface area contributed by atoms with Gasteiger partial charge >= 0.3 is 0 Å². The van der Waals surface area contributed by atoms with E-state index in [1.807, 2.05) is 24.3 Å². The fraction of sp³-hybridized carbons (Fsp3) is 0.294. The number of benzene rings is 2. The molecule has 0 aliphatic carbocycles. The summed E-state index contributed by atoms with van der Waals surface area (Å²) >= 11 is 6.46. The molecule has 3 rings (SSSR count). The third-order valence-electron chi connectivity index (χ3n) is 3.74. The van der Waals surface area contributed by atoms with Crippen molar-refractivity contribution in [1.82, 2.24) is 0 Å². The Balaban J connectivity index is 1.87. The largest absolute Gasteiger partial charge is 0.491 e. The maximum Gasteiger partial charge on any atom is 0.124 e. The lowest BCUT2D eigenvalue weighted by atomic mass is 10.1. The summed E-state index contributed by atoms with van der Waals surface area (Å²) in [6, 6.07) is 14.4. The molecule has 0 atom stereocenters. The van der Waals surface area contributed by atoms with Gasteiger partial charge in [-0.25, -0.2) is 0 Å². The van der Waals surface area contributed by atoms with E-state index in [1.54, 1.807) is 0 Å². The summed E-state index contributed by atoms with van der Waals surface area (Å²) in [6.07, 6.45) is 0.853. The number of anilines is 1. The van der Waals surface area contributed by atoms with Crippen molar-refractivity contribution in [3.8, 4) is 5.75 Å². The van der Waals surface area contributed by atoms with Crippen LogP contribution >= 0.6 is 11.6 Å². The van der Waals surface area contributed by atoms with Crippen molar-refractivity contribution in [3.05, 3.63) is 58.6 Å². The Hall–Kier alpha value is -1.71. The summed E-state index contributed by atoms with van der Waals surface area (Å²) in [7, 11) is 0. The van der Waals surface area contributed by atoms with E-state index in [2.05, 4.69) is 23.1 Å². The van der Waals surface area contributed by atoms with Crippen LogP contribution in [0.5, 0.6) is 5.75 Å². The zero-order valence-corrected chi connectivity index (χ0v) is 12.6. The smallest absolute Gasteiger partial charge is 0.124 e. The highest BCUT2D eigenvalue weighted by atomic mass is 35.5. The van der Waals surface area contributed by atoms with E-state index in [0.717, 1.165) is 36.0 Å². The molecule has 4 heteroatoms. The number of nitrogens with two attached hydrogens (primary N) is 1. The maximum atomic E-state index is 6.46. The molecule has 0 radical (unpaired) electrons. The molecule has 1 aliphatic heterocycles. The molecule has 3 nitrogen and oxygen atoms in total. The van der Waals surface area contributed by atoms with Crippen LogP contribution in [-0.2, 0) is 13.0 Å². The molecule has 0 unspecified atom stereocenters. The van der Waals surface area contributed by atoms with Crippen molar-refractivity contribution in [2.24, 2.45) is 5.73 Å². The van der Waals surface area contributed by atoms with Gasteiger partial charge in [-0.3, -0.25) is 0 Å². The predicted octanol–water partition coefficient (Wildman–Crippen LogP) is 3.24. The molecule has 110 valence electrons. The fourth-order valence-corrected chi connectivity index (χ4v) is 2.98. The molecule has 0 bridgehead atoms. The number of nitrogens with zero attached hydrogens (tertiary/aromatic N) is 1. The molecule has 1 heterocycles. The summed E-state index contributed by atoms with van der Waals surface area (Å²) in [4.78, 5) is 2.26. The second-order valence-corrected chi connectivity index (χ2v) is 5.61. The molecule has 0 aromatic heterocycles. The molecule has 0 saturated heterocycles. The lowest BCUT2D eigenvalue weighted by molar-refractivity contribution is 0.331. The number of hydrogen-bond donors (Lipinski definition) is 1. The van der Waals surface area contributed by atoms with Crippen molar-refractivity contribution in [2.45, 2.75) is 13.0 Å². The number of para-hydroxylation sites is 1. The molecule has 2 N–H and O–H groups in total. The van der Waals surface area contributed by atoms with Gasteiger partial charge in [0.05, 0.1) is 17.3 Å². The maximum absolute atomic E-state index is 6.46. The molecule has 0 spiro atoms. The monoisotopic (exact) mass is 302 g/mol. The van der Waals surface area contributed by atoms with E-state index in [0.29, 0.717) is 13.2 Å². The Morgan fingerprint density at radius 1 is 1.19 bits per heavy atom. The molecule has 1 aliphatic rings. The van der Waals surface area contributed by atoms with Crippen LogP contribution in [0.3, 0.4) is 0 Å². The van der Waals surface area contributed by atoms with Crippen LogP contribution in [0.15, 0.2) is 42.5 Å². The molecule has 2 aromatic carbocycles. The average molecular weight is 303 g/mol. The number of fused-ring (bicyclic) bond motifs is 1. The SMILES string of the molecule is NCCc1ccc(N2CCOc3ccccc3C2)c(Cl)c1. The van der Waals surface area contributed by atoms with Crippen molar-refractivity contribution in [3.63, 3.8) is 0 Å². The van der Waals surface area contributed by atoms with Gasteiger partial charge in [0.15, 0.2) is 0 Å². The summed E-state index contributed by atoms with van der Waals surface area (Å²) in [5, 5.41) is 0.778. The standard InChI is InChI=1S/C17H19ClN2O/c18-15-11-13(7-8-19)5-6-16(15)20-9-10-21-17-4-2-1-3-14(17)12-20/h1-6,11H,7-10,12,19H2. The highest BCUT2D eigenvalue weighted by Crippen LogP contribution is 2.31. The molecule has 0 fully saturated rings. The summed E-state index contributed by atoms with van der Waals surface area (Å²) in [5.74, 6) is 0.968. The van der Waals surface area contributed by atoms with Gasteiger partial charge in [-0.05, 0) is 36.7 Å². The third kappa shape index (κ3) is 3.14. The third-order valence-corrected chi connectivity index (χ3v) is 4.04.